The van der Waals surface area contributed by atoms with Crippen LogP contribution in [0.1, 0.15) is 31.2 Å². The number of benzene rings is 1. The molecule has 1 aromatic rings. The van der Waals surface area contributed by atoms with Gasteiger partial charge < -0.3 is 14.7 Å². The number of rotatable bonds is 5. The van der Waals surface area contributed by atoms with Gasteiger partial charge in [-0.05, 0) is 43.9 Å². The number of amides is 1. The number of carboxylic acids is 1. The lowest BCUT2D eigenvalue weighted by molar-refractivity contribution is -0.152. The van der Waals surface area contributed by atoms with E-state index in [1.165, 1.54) is 4.90 Å². The van der Waals surface area contributed by atoms with Gasteiger partial charge in [-0.2, -0.15) is 0 Å². The molecule has 0 bridgehead atoms. The van der Waals surface area contributed by atoms with Crippen molar-refractivity contribution in [3.05, 3.63) is 29.8 Å². The number of carbonyl (C=O) groups is 2. The fourth-order valence-corrected chi connectivity index (χ4v) is 2.59. The first kappa shape index (κ1) is 15.4. The largest absolute Gasteiger partial charge is 0.493 e. The van der Waals surface area contributed by atoms with Crippen molar-refractivity contribution < 1.29 is 19.4 Å². The van der Waals surface area contributed by atoms with Crippen molar-refractivity contribution in [2.24, 2.45) is 0 Å². The van der Waals surface area contributed by atoms with E-state index in [1.807, 2.05) is 31.2 Å². The second-order valence-electron chi connectivity index (χ2n) is 5.35. The molecular weight excluding hydrogens is 270 g/mol. The zero-order valence-corrected chi connectivity index (χ0v) is 12.2. The van der Waals surface area contributed by atoms with Crippen LogP contribution in [0.25, 0.3) is 0 Å². The summed E-state index contributed by atoms with van der Waals surface area (Å²) in [6.45, 7) is 2.77. The van der Waals surface area contributed by atoms with Gasteiger partial charge in [0.05, 0.1) is 13.0 Å². The Kier molecular flexibility index (Phi) is 5.20. The van der Waals surface area contributed by atoms with Crippen molar-refractivity contribution in [1.29, 1.82) is 0 Å². The Hall–Kier alpha value is -2.04. The highest BCUT2D eigenvalue weighted by Gasteiger charge is 2.31. The van der Waals surface area contributed by atoms with Gasteiger partial charge in [0.1, 0.15) is 11.8 Å². The van der Waals surface area contributed by atoms with Crippen LogP contribution in [-0.2, 0) is 9.59 Å². The molecule has 1 aliphatic rings. The number of hydrogen-bond acceptors (Lipinski definition) is 3. The Labute approximate surface area is 124 Å². The van der Waals surface area contributed by atoms with E-state index in [-0.39, 0.29) is 18.9 Å². The van der Waals surface area contributed by atoms with Crippen molar-refractivity contribution >= 4 is 11.9 Å². The first-order valence-electron chi connectivity index (χ1n) is 7.29. The minimum absolute atomic E-state index is 0.144. The molecule has 114 valence electrons. The number of carbonyl (C=O) groups excluding carboxylic acids is 1. The molecule has 5 heteroatoms. The first-order valence-corrected chi connectivity index (χ1v) is 7.29. The zero-order chi connectivity index (χ0) is 15.2. The normalized spacial score (nSPS) is 18.3. The van der Waals surface area contributed by atoms with Gasteiger partial charge in [0.25, 0.3) is 0 Å². The van der Waals surface area contributed by atoms with Crippen LogP contribution in [0.4, 0.5) is 0 Å². The molecule has 0 radical (unpaired) electrons. The standard InChI is InChI=1S/C16H21NO4/c1-12-5-4-6-13(11-12)21-10-8-15(18)17-9-3-2-7-14(17)16(19)20/h4-6,11,14H,2-3,7-10H2,1H3,(H,19,20)/t14-/m0/s1. The van der Waals surface area contributed by atoms with Crippen LogP contribution in [0.2, 0.25) is 0 Å². The van der Waals surface area contributed by atoms with Crippen molar-refractivity contribution in [2.75, 3.05) is 13.2 Å². The van der Waals surface area contributed by atoms with Crippen LogP contribution in [-0.4, -0.2) is 41.1 Å². The van der Waals surface area contributed by atoms with Crippen molar-refractivity contribution in [2.45, 2.75) is 38.6 Å². The van der Waals surface area contributed by atoms with Gasteiger partial charge in [-0.1, -0.05) is 12.1 Å². The molecule has 5 nitrogen and oxygen atoms in total. The smallest absolute Gasteiger partial charge is 0.326 e. The Morgan fingerprint density at radius 2 is 2.19 bits per heavy atom. The van der Waals surface area contributed by atoms with Crippen LogP contribution >= 0.6 is 0 Å². The molecule has 0 unspecified atom stereocenters. The molecule has 1 saturated heterocycles. The molecular formula is C16H21NO4. The van der Waals surface area contributed by atoms with E-state index in [1.54, 1.807) is 0 Å². The van der Waals surface area contributed by atoms with Crippen LogP contribution in [0.5, 0.6) is 5.75 Å². The minimum Gasteiger partial charge on any atom is -0.493 e. The number of nitrogens with zero attached hydrogens (tertiary/aromatic N) is 1. The molecule has 0 saturated carbocycles. The number of likely N-dealkylation sites (tertiary alicyclic amines) is 1. The van der Waals surface area contributed by atoms with Gasteiger partial charge in [-0.15, -0.1) is 0 Å². The van der Waals surface area contributed by atoms with Crippen LogP contribution in [0, 0.1) is 6.92 Å². The second kappa shape index (κ2) is 7.11. The molecule has 21 heavy (non-hydrogen) atoms. The van der Waals surface area contributed by atoms with Gasteiger partial charge in [0.15, 0.2) is 0 Å². The highest BCUT2D eigenvalue weighted by molar-refractivity contribution is 5.83. The van der Waals surface area contributed by atoms with Gasteiger partial charge >= 0.3 is 5.97 Å². The summed E-state index contributed by atoms with van der Waals surface area (Å²) in [7, 11) is 0. The van der Waals surface area contributed by atoms with E-state index in [0.29, 0.717) is 13.0 Å². The molecule has 0 aromatic heterocycles. The van der Waals surface area contributed by atoms with Crippen LogP contribution in [0.15, 0.2) is 24.3 Å². The molecule has 1 N–H and O–H groups in total. The van der Waals surface area contributed by atoms with Crippen molar-refractivity contribution in [1.82, 2.24) is 4.90 Å². The zero-order valence-electron chi connectivity index (χ0n) is 12.2. The minimum atomic E-state index is -0.914. The molecule has 1 atom stereocenters. The number of carboxylic acid groups (broad SMARTS) is 1. The lowest BCUT2D eigenvalue weighted by atomic mass is 10.0. The summed E-state index contributed by atoms with van der Waals surface area (Å²) >= 11 is 0. The maximum atomic E-state index is 12.2. The van der Waals surface area contributed by atoms with Gasteiger partial charge in [0.2, 0.25) is 5.91 Å². The lowest BCUT2D eigenvalue weighted by Gasteiger charge is -2.33. The second-order valence-corrected chi connectivity index (χ2v) is 5.35. The Balaban J connectivity index is 1.84. The first-order chi connectivity index (χ1) is 10.1. The third kappa shape index (κ3) is 4.21. The number of aliphatic carboxylic acids is 1. The highest BCUT2D eigenvalue weighted by Crippen LogP contribution is 2.18. The Morgan fingerprint density at radius 1 is 1.38 bits per heavy atom. The van der Waals surface area contributed by atoms with E-state index < -0.39 is 12.0 Å². The summed E-state index contributed by atoms with van der Waals surface area (Å²) in [5, 5.41) is 9.17. The summed E-state index contributed by atoms with van der Waals surface area (Å²) < 4.78 is 5.55. The predicted octanol–water partition coefficient (Wildman–Crippen LogP) is 2.23. The van der Waals surface area contributed by atoms with E-state index in [4.69, 9.17) is 9.84 Å². The summed E-state index contributed by atoms with van der Waals surface area (Å²) in [5.41, 5.74) is 1.10. The average molecular weight is 291 g/mol. The van der Waals surface area contributed by atoms with E-state index in [2.05, 4.69) is 0 Å². The van der Waals surface area contributed by atoms with Gasteiger partial charge in [-0.25, -0.2) is 4.79 Å². The monoisotopic (exact) mass is 291 g/mol. The fourth-order valence-electron chi connectivity index (χ4n) is 2.59. The van der Waals surface area contributed by atoms with Crippen LogP contribution in [0.3, 0.4) is 0 Å². The van der Waals surface area contributed by atoms with E-state index in [9.17, 15) is 9.59 Å². The molecule has 1 aromatic carbocycles. The Morgan fingerprint density at radius 3 is 2.90 bits per heavy atom. The number of hydrogen-bond donors (Lipinski definition) is 1. The van der Waals surface area contributed by atoms with Gasteiger partial charge in [0, 0.05) is 6.54 Å². The third-order valence-electron chi connectivity index (χ3n) is 3.68. The third-order valence-corrected chi connectivity index (χ3v) is 3.68. The summed E-state index contributed by atoms with van der Waals surface area (Å²) in [6, 6.07) is 6.95. The SMILES string of the molecule is Cc1cccc(OCCC(=O)N2CCCC[C@H]2C(=O)O)c1. The number of ether oxygens (including phenoxy) is 1. The Bertz CT molecular complexity index is 515. The quantitative estimate of drug-likeness (QED) is 0.903. The van der Waals surface area contributed by atoms with Crippen LogP contribution < -0.4 is 4.74 Å². The molecule has 1 heterocycles. The fraction of sp³-hybridized carbons (Fsp3) is 0.500. The topological polar surface area (TPSA) is 66.8 Å². The highest BCUT2D eigenvalue weighted by atomic mass is 16.5. The average Bonchev–Trinajstić information content (AvgIpc) is 2.47. The maximum Gasteiger partial charge on any atom is 0.326 e. The molecule has 1 fully saturated rings. The summed E-state index contributed by atoms with van der Waals surface area (Å²) in [5.74, 6) is -0.325. The number of aryl methyl sites for hydroxylation is 1. The van der Waals surface area contributed by atoms with Crippen molar-refractivity contribution in [3.8, 4) is 5.75 Å². The van der Waals surface area contributed by atoms with E-state index >= 15 is 0 Å². The number of piperidine rings is 1. The molecule has 1 amide bonds. The van der Waals surface area contributed by atoms with E-state index in [0.717, 1.165) is 24.2 Å². The summed E-state index contributed by atoms with van der Waals surface area (Å²) in [4.78, 5) is 24.8. The molecule has 0 spiro atoms. The maximum absolute atomic E-state index is 12.2. The van der Waals surface area contributed by atoms with Crippen molar-refractivity contribution in [3.63, 3.8) is 0 Å². The van der Waals surface area contributed by atoms with Gasteiger partial charge in [-0.3, -0.25) is 4.79 Å². The predicted molar refractivity (Wildman–Crippen MR) is 78.3 cm³/mol. The molecule has 0 aliphatic carbocycles. The lowest BCUT2D eigenvalue weighted by Crippen LogP contribution is -2.48. The summed E-state index contributed by atoms with van der Waals surface area (Å²) in [6.07, 6.45) is 2.48. The molecule has 2 rings (SSSR count). The molecule has 1 aliphatic heterocycles.